The van der Waals surface area contributed by atoms with Crippen molar-refractivity contribution in [2.75, 3.05) is 5.32 Å². The minimum absolute atomic E-state index is 0.128. The number of aryl methyl sites for hydroxylation is 1. The van der Waals surface area contributed by atoms with E-state index in [9.17, 15) is 4.79 Å². The van der Waals surface area contributed by atoms with Gasteiger partial charge in [0, 0.05) is 28.7 Å². The highest BCUT2D eigenvalue weighted by atomic mass is 35.5. The predicted molar refractivity (Wildman–Crippen MR) is 121 cm³/mol. The van der Waals surface area contributed by atoms with E-state index in [0.29, 0.717) is 23.2 Å². The van der Waals surface area contributed by atoms with Gasteiger partial charge in [0.25, 0.3) is 5.56 Å². The molecule has 0 aliphatic carbocycles. The summed E-state index contributed by atoms with van der Waals surface area (Å²) < 4.78 is 2.27. The molecule has 0 aliphatic rings. The van der Waals surface area contributed by atoms with Gasteiger partial charge in [-0.05, 0) is 37.3 Å². The Kier molecular flexibility index (Phi) is 4.72. The van der Waals surface area contributed by atoms with E-state index < -0.39 is 0 Å². The van der Waals surface area contributed by atoms with Crippen LogP contribution in [0.3, 0.4) is 0 Å². The fraction of sp³-hybridized carbons (Fsp3) is 0.143. The summed E-state index contributed by atoms with van der Waals surface area (Å²) in [6.07, 6.45) is 1.76. The molecule has 0 bridgehead atoms. The normalized spacial score (nSPS) is 11.4. The number of hydrogen-bond donors (Lipinski definition) is 1. The minimum atomic E-state index is -0.128. The predicted octanol–water partition coefficient (Wildman–Crippen LogP) is 4.48. The first-order valence-electron chi connectivity index (χ1n) is 9.46. The molecule has 0 atom stereocenters. The number of fused-ring (bicyclic) bond motifs is 2. The van der Waals surface area contributed by atoms with Gasteiger partial charge in [-0.2, -0.15) is 0 Å². The lowest BCUT2D eigenvalue weighted by Crippen LogP contribution is -2.25. The van der Waals surface area contributed by atoms with E-state index in [0.717, 1.165) is 32.5 Å². The van der Waals surface area contributed by atoms with Crippen LogP contribution in [0.5, 0.6) is 0 Å². The lowest BCUT2D eigenvalue weighted by atomic mass is 10.1. The first-order chi connectivity index (χ1) is 14.6. The maximum absolute atomic E-state index is 13.2. The van der Waals surface area contributed by atoms with Crippen LogP contribution in [0.4, 0.5) is 5.69 Å². The van der Waals surface area contributed by atoms with E-state index in [-0.39, 0.29) is 5.56 Å². The van der Waals surface area contributed by atoms with Crippen LogP contribution in [0, 0.1) is 0 Å². The fourth-order valence-electron chi connectivity index (χ4n) is 3.45. The summed E-state index contributed by atoms with van der Waals surface area (Å²) in [5.74, 6) is 0. The highest BCUT2D eigenvalue weighted by molar-refractivity contribution is 7.15. The molecule has 0 saturated heterocycles. The van der Waals surface area contributed by atoms with Crippen molar-refractivity contribution in [3.63, 3.8) is 0 Å². The zero-order chi connectivity index (χ0) is 20.7. The molecule has 7 nitrogen and oxygen atoms in total. The molecule has 30 heavy (non-hydrogen) atoms. The Morgan fingerprint density at radius 3 is 2.53 bits per heavy atom. The maximum Gasteiger partial charge on any atom is 0.278 e. The van der Waals surface area contributed by atoms with Crippen molar-refractivity contribution in [1.29, 1.82) is 0 Å². The molecule has 0 saturated carbocycles. The Labute approximate surface area is 180 Å². The van der Waals surface area contributed by atoms with Crippen molar-refractivity contribution in [3.8, 4) is 5.69 Å². The van der Waals surface area contributed by atoms with Gasteiger partial charge in [-0.25, -0.2) is 4.98 Å². The maximum atomic E-state index is 13.2. The molecule has 9 heteroatoms. The molecule has 2 aromatic carbocycles. The summed E-state index contributed by atoms with van der Waals surface area (Å²) in [6.45, 7) is 3.11. The summed E-state index contributed by atoms with van der Waals surface area (Å²) in [6, 6.07) is 15.4. The monoisotopic (exact) mass is 436 g/mol. The van der Waals surface area contributed by atoms with Crippen LogP contribution < -0.4 is 10.9 Å². The van der Waals surface area contributed by atoms with Gasteiger partial charge in [0.2, 0.25) is 0 Å². The molecule has 0 aliphatic heterocycles. The highest BCUT2D eigenvalue weighted by Crippen LogP contribution is 2.23. The molecule has 5 rings (SSSR count). The van der Waals surface area contributed by atoms with Crippen LogP contribution in [0.2, 0.25) is 4.47 Å². The Balaban J connectivity index is 1.56. The molecule has 3 heterocycles. The van der Waals surface area contributed by atoms with Crippen LogP contribution in [0.1, 0.15) is 11.8 Å². The van der Waals surface area contributed by atoms with Gasteiger partial charge in [0.05, 0.1) is 12.1 Å². The third-order valence-electron chi connectivity index (χ3n) is 4.89. The summed E-state index contributed by atoms with van der Waals surface area (Å²) in [5.41, 5.74) is 3.59. The lowest BCUT2D eigenvalue weighted by Gasteiger charge is -2.13. The first-order valence-corrected chi connectivity index (χ1v) is 10.7. The van der Waals surface area contributed by atoms with Gasteiger partial charge >= 0.3 is 0 Å². The third-order valence-corrected chi connectivity index (χ3v) is 6.00. The number of nitrogens with one attached hydrogen (secondary N) is 1. The smallest absolute Gasteiger partial charge is 0.278 e. The van der Waals surface area contributed by atoms with Gasteiger partial charge in [-0.15, -0.1) is 26.3 Å². The average molecular weight is 437 g/mol. The Morgan fingerprint density at radius 1 is 1.10 bits per heavy atom. The third kappa shape index (κ3) is 3.34. The van der Waals surface area contributed by atoms with Gasteiger partial charge in [-0.1, -0.05) is 29.8 Å². The Morgan fingerprint density at radius 2 is 1.87 bits per heavy atom. The number of anilines is 1. The zero-order valence-corrected chi connectivity index (χ0v) is 17.6. The average Bonchev–Trinajstić information content (AvgIpc) is 3.37. The number of thiazole rings is 1. The Hall–Kier alpha value is -3.23. The SMILES string of the molecule is CCn1c(=O)c(-n2nc3ccccc3n2)cc2ccc(NCc3cnc(Cl)s3)cc21. The Bertz CT molecular complexity index is 1400. The fourth-order valence-corrected chi connectivity index (χ4v) is 4.36. The highest BCUT2D eigenvalue weighted by Gasteiger charge is 2.13. The second kappa shape index (κ2) is 7.55. The van der Waals surface area contributed by atoms with Crippen molar-refractivity contribution in [3.05, 3.63) is 74.4 Å². The van der Waals surface area contributed by atoms with Gasteiger partial charge in [0.1, 0.15) is 11.0 Å². The molecule has 150 valence electrons. The second-order valence-corrected chi connectivity index (χ2v) is 8.46. The van der Waals surface area contributed by atoms with Crippen LogP contribution in [0.25, 0.3) is 27.6 Å². The number of benzene rings is 2. The molecule has 5 aromatic rings. The van der Waals surface area contributed by atoms with E-state index in [1.54, 1.807) is 10.8 Å². The van der Waals surface area contributed by atoms with Crippen molar-refractivity contribution >= 4 is 50.6 Å². The standard InChI is InChI=1S/C21H17ClN6OS/c1-2-27-18-10-14(23-11-15-12-24-21(22)30-15)8-7-13(18)9-19(20(27)29)28-25-16-5-3-4-6-17(16)26-28/h3-10,12,23H,2,11H2,1H3. The molecule has 0 amide bonds. The molecule has 1 N–H and O–H groups in total. The van der Waals surface area contributed by atoms with Crippen molar-refractivity contribution < 1.29 is 0 Å². The summed E-state index contributed by atoms with van der Waals surface area (Å²) in [4.78, 5) is 19.7. The van der Waals surface area contributed by atoms with Crippen LogP contribution in [-0.4, -0.2) is 24.5 Å². The molecular formula is C21H17ClN6OS. The number of nitrogens with zero attached hydrogens (tertiary/aromatic N) is 5. The number of pyridine rings is 1. The molecule has 3 aromatic heterocycles. The topological polar surface area (TPSA) is 77.6 Å². The molecule has 0 radical (unpaired) electrons. The largest absolute Gasteiger partial charge is 0.380 e. The number of rotatable bonds is 5. The quantitative estimate of drug-likeness (QED) is 0.439. The number of halogens is 1. The van der Waals surface area contributed by atoms with E-state index in [4.69, 9.17) is 11.6 Å². The van der Waals surface area contributed by atoms with E-state index in [1.165, 1.54) is 16.1 Å². The minimum Gasteiger partial charge on any atom is -0.380 e. The van der Waals surface area contributed by atoms with E-state index >= 15 is 0 Å². The summed E-state index contributed by atoms with van der Waals surface area (Å²) >= 11 is 7.34. The van der Waals surface area contributed by atoms with E-state index in [1.807, 2.05) is 55.5 Å². The van der Waals surface area contributed by atoms with Gasteiger partial charge < -0.3 is 9.88 Å². The summed E-state index contributed by atoms with van der Waals surface area (Å²) in [5, 5.41) is 13.3. The van der Waals surface area contributed by atoms with E-state index in [2.05, 4.69) is 20.5 Å². The van der Waals surface area contributed by atoms with Crippen LogP contribution >= 0.6 is 22.9 Å². The molecular weight excluding hydrogens is 420 g/mol. The lowest BCUT2D eigenvalue weighted by molar-refractivity contribution is 0.708. The number of hydrogen-bond acceptors (Lipinski definition) is 6. The zero-order valence-electron chi connectivity index (χ0n) is 16.0. The first kappa shape index (κ1) is 18.8. The van der Waals surface area contributed by atoms with Gasteiger partial charge in [0.15, 0.2) is 10.2 Å². The van der Waals surface area contributed by atoms with Crippen molar-refractivity contribution in [2.24, 2.45) is 0 Å². The number of aromatic nitrogens is 5. The second-order valence-electron chi connectivity index (χ2n) is 6.76. The molecule has 0 fully saturated rings. The molecule has 0 unspecified atom stereocenters. The van der Waals surface area contributed by atoms with Crippen LogP contribution in [0.15, 0.2) is 59.5 Å². The molecule has 0 spiro atoms. The van der Waals surface area contributed by atoms with Gasteiger partial charge in [-0.3, -0.25) is 4.79 Å². The summed E-state index contributed by atoms with van der Waals surface area (Å²) in [7, 11) is 0. The van der Waals surface area contributed by atoms with Crippen LogP contribution in [-0.2, 0) is 13.1 Å². The van der Waals surface area contributed by atoms with Crippen molar-refractivity contribution in [2.45, 2.75) is 20.0 Å². The van der Waals surface area contributed by atoms with Crippen molar-refractivity contribution in [1.82, 2.24) is 24.5 Å².